The van der Waals surface area contributed by atoms with Crippen molar-refractivity contribution in [3.8, 4) is 5.75 Å². The number of morpholine rings is 1. The molecule has 0 unspecified atom stereocenters. The lowest BCUT2D eigenvalue weighted by Crippen LogP contribution is -2.37. The van der Waals surface area contributed by atoms with E-state index in [4.69, 9.17) is 37.4 Å². The number of methoxy groups -OCH3 is 1. The first-order chi connectivity index (χ1) is 15.4. The molecule has 1 N–H and O–H groups in total. The number of benzene rings is 2. The third-order valence-corrected chi connectivity index (χ3v) is 5.27. The molecule has 1 fully saturated rings. The quantitative estimate of drug-likeness (QED) is 0.460. The second-order valence-electron chi connectivity index (χ2n) is 6.88. The molecule has 1 saturated heterocycles. The summed E-state index contributed by atoms with van der Waals surface area (Å²) in [6.07, 6.45) is 2.89. The van der Waals surface area contributed by atoms with E-state index in [2.05, 4.69) is 10.2 Å². The Labute approximate surface area is 196 Å². The van der Waals surface area contributed by atoms with Gasteiger partial charge in [0.25, 0.3) is 0 Å². The summed E-state index contributed by atoms with van der Waals surface area (Å²) in [5.74, 6) is -0.421. The van der Waals surface area contributed by atoms with Gasteiger partial charge in [-0.1, -0.05) is 23.2 Å². The van der Waals surface area contributed by atoms with Gasteiger partial charge in [0.1, 0.15) is 5.75 Å². The summed E-state index contributed by atoms with van der Waals surface area (Å²) in [5.41, 5.74) is 2.17. The molecule has 0 radical (unpaired) electrons. The Morgan fingerprint density at radius 2 is 1.94 bits per heavy atom. The van der Waals surface area contributed by atoms with Gasteiger partial charge in [0.2, 0.25) is 5.91 Å². The molecule has 0 aliphatic carbocycles. The average molecular weight is 479 g/mol. The van der Waals surface area contributed by atoms with Gasteiger partial charge >= 0.3 is 5.97 Å². The van der Waals surface area contributed by atoms with Crippen LogP contribution in [0.4, 0.5) is 11.4 Å². The number of hydrogen-bond donors (Lipinski definition) is 1. The van der Waals surface area contributed by atoms with Crippen molar-refractivity contribution in [3.63, 3.8) is 0 Å². The van der Waals surface area contributed by atoms with Crippen LogP contribution in [-0.4, -0.2) is 51.9 Å². The number of ether oxygens (including phenoxy) is 3. The van der Waals surface area contributed by atoms with E-state index in [1.54, 1.807) is 43.3 Å². The predicted molar refractivity (Wildman–Crippen MR) is 126 cm³/mol. The Bertz CT molecular complexity index is 1020. The zero-order valence-electron chi connectivity index (χ0n) is 17.8. The van der Waals surface area contributed by atoms with Crippen LogP contribution in [0.25, 0.3) is 6.08 Å². The van der Waals surface area contributed by atoms with Crippen molar-refractivity contribution in [1.29, 1.82) is 0 Å². The van der Waals surface area contributed by atoms with Gasteiger partial charge in [-0.15, -0.1) is 0 Å². The molecule has 1 aliphatic heterocycles. The molecule has 0 bridgehead atoms. The van der Waals surface area contributed by atoms with Crippen LogP contribution in [0.1, 0.15) is 22.8 Å². The van der Waals surface area contributed by atoms with E-state index in [9.17, 15) is 9.59 Å². The first kappa shape index (κ1) is 23.9. The first-order valence-corrected chi connectivity index (χ1v) is 10.8. The molecule has 1 amide bonds. The third kappa shape index (κ3) is 5.94. The molecule has 0 aromatic heterocycles. The minimum atomic E-state index is -0.445. The normalized spacial score (nSPS) is 13.8. The van der Waals surface area contributed by atoms with E-state index in [1.807, 2.05) is 0 Å². The number of anilines is 2. The summed E-state index contributed by atoms with van der Waals surface area (Å²) < 4.78 is 15.9. The highest BCUT2D eigenvalue weighted by Gasteiger charge is 2.20. The van der Waals surface area contributed by atoms with E-state index in [0.29, 0.717) is 58.9 Å². The molecular formula is C23H24Cl2N2O5. The van der Waals surface area contributed by atoms with Crippen molar-refractivity contribution in [2.75, 3.05) is 50.2 Å². The summed E-state index contributed by atoms with van der Waals surface area (Å²) >= 11 is 12.2. The molecule has 32 heavy (non-hydrogen) atoms. The largest absolute Gasteiger partial charge is 0.495 e. The Morgan fingerprint density at radius 1 is 1.19 bits per heavy atom. The lowest BCUT2D eigenvalue weighted by Gasteiger charge is -2.30. The van der Waals surface area contributed by atoms with Gasteiger partial charge in [-0.3, -0.25) is 4.79 Å². The summed E-state index contributed by atoms with van der Waals surface area (Å²) in [5, 5.41) is 3.53. The van der Waals surface area contributed by atoms with Crippen molar-refractivity contribution in [3.05, 3.63) is 57.6 Å². The molecule has 1 aliphatic rings. The van der Waals surface area contributed by atoms with E-state index in [-0.39, 0.29) is 6.61 Å². The molecule has 7 nitrogen and oxygen atoms in total. The van der Waals surface area contributed by atoms with Gasteiger partial charge in [-0.25, -0.2) is 4.79 Å². The van der Waals surface area contributed by atoms with Gasteiger partial charge in [-0.2, -0.15) is 0 Å². The zero-order valence-corrected chi connectivity index (χ0v) is 19.3. The number of esters is 1. The van der Waals surface area contributed by atoms with Gasteiger partial charge in [0, 0.05) is 35.4 Å². The number of amides is 1. The maximum atomic E-state index is 12.5. The van der Waals surface area contributed by atoms with Gasteiger partial charge in [0.05, 0.1) is 43.2 Å². The molecule has 0 saturated carbocycles. The Kier molecular flexibility index (Phi) is 8.39. The summed E-state index contributed by atoms with van der Waals surface area (Å²) in [6, 6.07) is 8.37. The van der Waals surface area contributed by atoms with Crippen LogP contribution >= 0.6 is 23.2 Å². The number of hydrogen-bond acceptors (Lipinski definition) is 6. The highest BCUT2D eigenvalue weighted by Crippen LogP contribution is 2.33. The SMILES string of the molecule is CCOC(=O)c1cc(NC(=O)C=Cc2cc(Cl)cc(Cl)c2OC)ccc1N1CCOCC1. The predicted octanol–water partition coefficient (Wildman–Crippen LogP) is 4.67. The molecule has 0 atom stereocenters. The Hall–Kier alpha value is -2.74. The van der Waals surface area contributed by atoms with Crippen LogP contribution in [0.2, 0.25) is 10.0 Å². The van der Waals surface area contributed by atoms with E-state index < -0.39 is 11.9 Å². The number of nitrogens with zero attached hydrogens (tertiary/aromatic N) is 1. The lowest BCUT2D eigenvalue weighted by atomic mass is 10.1. The van der Waals surface area contributed by atoms with Gasteiger partial charge < -0.3 is 24.4 Å². The fourth-order valence-corrected chi connectivity index (χ4v) is 3.92. The minimum Gasteiger partial charge on any atom is -0.495 e. The van der Waals surface area contributed by atoms with Crippen LogP contribution in [-0.2, 0) is 14.3 Å². The lowest BCUT2D eigenvalue weighted by molar-refractivity contribution is -0.111. The van der Waals surface area contributed by atoms with E-state index >= 15 is 0 Å². The molecule has 1 heterocycles. The highest BCUT2D eigenvalue weighted by molar-refractivity contribution is 6.36. The van der Waals surface area contributed by atoms with Crippen LogP contribution < -0.4 is 15.0 Å². The van der Waals surface area contributed by atoms with Crippen LogP contribution in [0, 0.1) is 0 Å². The number of carbonyl (C=O) groups excluding carboxylic acids is 2. The van der Waals surface area contributed by atoms with E-state index in [0.717, 1.165) is 5.69 Å². The zero-order chi connectivity index (χ0) is 23.1. The van der Waals surface area contributed by atoms with Gasteiger partial charge in [-0.05, 0) is 43.3 Å². The Balaban J connectivity index is 1.81. The topological polar surface area (TPSA) is 77.1 Å². The molecular weight excluding hydrogens is 455 g/mol. The second-order valence-corrected chi connectivity index (χ2v) is 7.73. The van der Waals surface area contributed by atoms with E-state index in [1.165, 1.54) is 13.2 Å². The molecule has 2 aromatic rings. The average Bonchev–Trinajstić information content (AvgIpc) is 2.78. The molecule has 170 valence electrons. The maximum absolute atomic E-state index is 12.5. The van der Waals surface area contributed by atoms with Crippen molar-refractivity contribution >= 4 is 52.5 Å². The summed E-state index contributed by atoms with van der Waals surface area (Å²) in [4.78, 5) is 27.1. The maximum Gasteiger partial charge on any atom is 0.340 e. The number of rotatable bonds is 7. The fourth-order valence-electron chi connectivity index (χ4n) is 3.33. The second kappa shape index (κ2) is 11.2. The van der Waals surface area contributed by atoms with Crippen molar-refractivity contribution in [2.45, 2.75) is 6.92 Å². The fraction of sp³-hybridized carbons (Fsp3) is 0.304. The standard InChI is InChI=1S/C23H24Cl2N2O5/c1-3-32-23(29)18-14-17(5-6-20(18)27-8-10-31-11-9-27)26-21(28)7-4-15-12-16(24)13-19(25)22(15)30-2/h4-7,12-14H,3,8-11H2,1-2H3,(H,26,28). The monoisotopic (exact) mass is 478 g/mol. The third-order valence-electron chi connectivity index (χ3n) is 4.77. The van der Waals surface area contributed by atoms with Crippen LogP contribution in [0.15, 0.2) is 36.4 Å². The summed E-state index contributed by atoms with van der Waals surface area (Å²) in [6.45, 7) is 4.52. The molecule has 2 aromatic carbocycles. The number of carbonyl (C=O) groups is 2. The minimum absolute atomic E-state index is 0.255. The van der Waals surface area contributed by atoms with Crippen LogP contribution in [0.3, 0.4) is 0 Å². The van der Waals surface area contributed by atoms with Crippen LogP contribution in [0.5, 0.6) is 5.75 Å². The smallest absolute Gasteiger partial charge is 0.340 e. The van der Waals surface area contributed by atoms with Crippen molar-refractivity contribution in [2.24, 2.45) is 0 Å². The molecule has 0 spiro atoms. The van der Waals surface area contributed by atoms with Gasteiger partial charge in [0.15, 0.2) is 0 Å². The Morgan fingerprint density at radius 3 is 2.62 bits per heavy atom. The first-order valence-electron chi connectivity index (χ1n) is 10.1. The molecule has 3 rings (SSSR count). The number of nitrogens with one attached hydrogen (secondary N) is 1. The number of halogens is 2. The van der Waals surface area contributed by atoms with Crippen molar-refractivity contribution < 1.29 is 23.8 Å². The summed E-state index contributed by atoms with van der Waals surface area (Å²) in [7, 11) is 1.49. The molecule has 9 heteroatoms. The van der Waals surface area contributed by atoms with Crippen molar-refractivity contribution in [1.82, 2.24) is 0 Å². The highest BCUT2D eigenvalue weighted by atomic mass is 35.5.